The van der Waals surface area contributed by atoms with Gasteiger partial charge in [-0.1, -0.05) is 29.8 Å². The Bertz CT molecular complexity index is 1070. The van der Waals surface area contributed by atoms with Crippen LogP contribution >= 0.6 is 11.6 Å². The molecule has 10 heteroatoms. The molecule has 0 unspecified atom stereocenters. The van der Waals surface area contributed by atoms with Crippen LogP contribution in [0.5, 0.6) is 0 Å². The molecule has 1 amide bonds. The van der Waals surface area contributed by atoms with E-state index in [2.05, 4.69) is 5.32 Å². The molecule has 0 spiro atoms. The van der Waals surface area contributed by atoms with Crippen molar-refractivity contribution in [2.24, 2.45) is 0 Å². The average Bonchev–Trinajstić information content (AvgIpc) is 2.74. The van der Waals surface area contributed by atoms with E-state index < -0.39 is 15.9 Å². The Hall–Kier alpha value is -2.46. The van der Waals surface area contributed by atoms with E-state index in [1.54, 1.807) is 18.2 Å². The van der Waals surface area contributed by atoms with E-state index in [0.29, 0.717) is 48.3 Å². The van der Waals surface area contributed by atoms with Crippen LogP contribution in [0.15, 0.2) is 47.4 Å². The first-order valence-corrected chi connectivity index (χ1v) is 11.5. The quantitative estimate of drug-likeness (QED) is 0.631. The number of carbonyl (C=O) groups excluding carboxylic acids is 2. The smallest absolute Gasteiger partial charge is 0.243 e. The van der Waals surface area contributed by atoms with Gasteiger partial charge in [0, 0.05) is 25.7 Å². The number of ketones is 1. The van der Waals surface area contributed by atoms with E-state index in [-0.39, 0.29) is 17.2 Å². The third-order valence-electron chi connectivity index (χ3n) is 4.92. The number of hydrogen-bond acceptors (Lipinski definition) is 6. The highest BCUT2D eigenvalue weighted by Gasteiger charge is 2.24. The van der Waals surface area contributed by atoms with Gasteiger partial charge in [-0.25, -0.2) is 8.42 Å². The predicted molar refractivity (Wildman–Crippen MR) is 119 cm³/mol. The number of amides is 1. The van der Waals surface area contributed by atoms with Crippen LogP contribution in [0.4, 0.5) is 11.4 Å². The Balaban J connectivity index is 1.73. The van der Waals surface area contributed by atoms with E-state index in [0.717, 1.165) is 4.31 Å². The molecule has 3 rings (SSSR count). The van der Waals surface area contributed by atoms with Crippen LogP contribution in [0, 0.1) is 0 Å². The van der Waals surface area contributed by atoms with Crippen molar-refractivity contribution in [2.45, 2.75) is 11.8 Å². The number of hydrogen-bond donors (Lipinski definition) is 1. The first-order valence-electron chi connectivity index (χ1n) is 9.68. The van der Waals surface area contributed by atoms with Crippen molar-refractivity contribution in [2.75, 3.05) is 50.1 Å². The van der Waals surface area contributed by atoms with E-state index in [9.17, 15) is 18.0 Å². The van der Waals surface area contributed by atoms with Crippen molar-refractivity contribution in [3.05, 3.63) is 53.1 Å². The summed E-state index contributed by atoms with van der Waals surface area (Å²) in [5, 5.41) is 3.26. The van der Waals surface area contributed by atoms with Crippen LogP contribution in [-0.2, 0) is 19.6 Å². The number of likely N-dealkylation sites (N-methyl/N-ethyl adjacent to an activating group) is 1. The molecule has 1 N–H and O–H groups in total. The lowest BCUT2D eigenvalue weighted by Crippen LogP contribution is -2.38. The molecule has 1 heterocycles. The topological polar surface area (TPSA) is 96.0 Å². The van der Waals surface area contributed by atoms with Gasteiger partial charge in [-0.05, 0) is 31.2 Å². The Morgan fingerprint density at radius 3 is 2.39 bits per heavy atom. The molecule has 2 aromatic carbocycles. The summed E-state index contributed by atoms with van der Waals surface area (Å²) in [5.74, 6) is -0.655. The lowest BCUT2D eigenvalue weighted by atomic mass is 10.2. The molecule has 2 aromatic rings. The molecule has 1 aliphatic rings. The van der Waals surface area contributed by atoms with Crippen LogP contribution < -0.4 is 10.2 Å². The minimum atomic E-state index is -3.90. The molecule has 0 bridgehead atoms. The molecule has 1 aliphatic heterocycles. The van der Waals surface area contributed by atoms with E-state index in [1.165, 1.54) is 38.2 Å². The third kappa shape index (κ3) is 5.43. The molecule has 31 heavy (non-hydrogen) atoms. The fourth-order valence-corrected chi connectivity index (χ4v) is 4.66. The van der Waals surface area contributed by atoms with Gasteiger partial charge in [-0.15, -0.1) is 0 Å². The lowest BCUT2D eigenvalue weighted by molar-refractivity contribution is -0.116. The number of anilines is 2. The highest BCUT2D eigenvalue weighted by atomic mass is 35.5. The molecule has 0 aliphatic carbocycles. The maximum Gasteiger partial charge on any atom is 0.243 e. The Morgan fingerprint density at radius 2 is 1.77 bits per heavy atom. The Labute approximate surface area is 186 Å². The second-order valence-corrected chi connectivity index (χ2v) is 9.58. The first kappa shape index (κ1) is 23.2. The number of halogens is 1. The minimum Gasteiger partial charge on any atom is -0.378 e. The van der Waals surface area contributed by atoms with Gasteiger partial charge in [0.2, 0.25) is 15.9 Å². The molecule has 1 saturated heterocycles. The average molecular weight is 466 g/mol. The number of nitrogens with one attached hydrogen (secondary N) is 1. The van der Waals surface area contributed by atoms with Gasteiger partial charge in [0.15, 0.2) is 5.78 Å². The predicted octanol–water partition coefficient (Wildman–Crippen LogP) is 2.64. The molecule has 166 valence electrons. The standard InChI is InChI=1S/C21H24ClN3O5S/c1-15(26)16-6-8-17(9-7-16)31(28,29)24(2)14-20(27)23-19-5-3-4-18(22)21(19)25-10-12-30-13-11-25/h3-9H,10-14H2,1-2H3,(H,23,27). The monoisotopic (exact) mass is 465 g/mol. The summed E-state index contributed by atoms with van der Waals surface area (Å²) >= 11 is 6.38. The van der Waals surface area contributed by atoms with Crippen molar-refractivity contribution >= 4 is 44.7 Å². The van der Waals surface area contributed by atoms with E-state index in [1.807, 2.05) is 4.90 Å². The zero-order chi connectivity index (χ0) is 22.6. The molecule has 0 atom stereocenters. The number of sulfonamides is 1. The summed E-state index contributed by atoms with van der Waals surface area (Å²) in [4.78, 5) is 26.1. The van der Waals surface area contributed by atoms with Crippen molar-refractivity contribution in [3.8, 4) is 0 Å². The molecule has 0 aromatic heterocycles. The number of ether oxygens (including phenoxy) is 1. The number of nitrogens with zero attached hydrogens (tertiary/aromatic N) is 2. The van der Waals surface area contributed by atoms with Gasteiger partial charge >= 0.3 is 0 Å². The van der Waals surface area contributed by atoms with Crippen LogP contribution in [0.2, 0.25) is 5.02 Å². The summed E-state index contributed by atoms with van der Waals surface area (Å²) in [5.41, 5.74) is 1.61. The SMILES string of the molecule is CC(=O)c1ccc(S(=O)(=O)N(C)CC(=O)Nc2cccc(Cl)c2N2CCOCC2)cc1. The molecular formula is C21H24ClN3O5S. The molecule has 0 saturated carbocycles. The number of rotatable bonds is 7. The second kappa shape index (κ2) is 9.78. The van der Waals surface area contributed by atoms with Gasteiger partial charge < -0.3 is 15.0 Å². The summed E-state index contributed by atoms with van der Waals surface area (Å²) < 4.78 is 31.9. The highest BCUT2D eigenvalue weighted by molar-refractivity contribution is 7.89. The molecule has 8 nitrogen and oxygen atoms in total. The summed E-state index contributed by atoms with van der Waals surface area (Å²) in [6.45, 7) is 3.41. The number of benzene rings is 2. The number of para-hydroxylation sites is 1. The van der Waals surface area contributed by atoms with Crippen LogP contribution in [0.25, 0.3) is 0 Å². The number of morpholine rings is 1. The largest absolute Gasteiger partial charge is 0.378 e. The third-order valence-corrected chi connectivity index (χ3v) is 7.05. The number of Topliss-reactive ketones (excluding diaryl/α,β-unsaturated/α-hetero) is 1. The molecular weight excluding hydrogens is 442 g/mol. The second-order valence-electron chi connectivity index (χ2n) is 7.13. The minimum absolute atomic E-state index is 0.00422. The Morgan fingerprint density at radius 1 is 1.13 bits per heavy atom. The van der Waals surface area contributed by atoms with Crippen LogP contribution in [0.1, 0.15) is 17.3 Å². The van der Waals surface area contributed by atoms with E-state index in [4.69, 9.17) is 16.3 Å². The van der Waals surface area contributed by atoms with E-state index >= 15 is 0 Å². The van der Waals surface area contributed by atoms with Crippen LogP contribution in [0.3, 0.4) is 0 Å². The van der Waals surface area contributed by atoms with Crippen molar-refractivity contribution in [1.29, 1.82) is 0 Å². The highest BCUT2D eigenvalue weighted by Crippen LogP contribution is 2.34. The van der Waals surface area contributed by atoms with Gasteiger partial charge in [-0.2, -0.15) is 4.31 Å². The first-order chi connectivity index (χ1) is 14.7. The summed E-state index contributed by atoms with van der Waals surface area (Å²) in [7, 11) is -2.57. The van der Waals surface area contributed by atoms with Gasteiger partial charge in [0.05, 0.1) is 41.1 Å². The van der Waals surface area contributed by atoms with Gasteiger partial charge in [0.25, 0.3) is 0 Å². The fraction of sp³-hybridized carbons (Fsp3) is 0.333. The van der Waals surface area contributed by atoms with Gasteiger partial charge in [-0.3, -0.25) is 9.59 Å². The molecule has 0 radical (unpaired) electrons. The Kier molecular flexibility index (Phi) is 7.32. The van der Waals surface area contributed by atoms with Crippen molar-refractivity contribution < 1.29 is 22.7 Å². The van der Waals surface area contributed by atoms with Crippen molar-refractivity contribution in [3.63, 3.8) is 0 Å². The maximum atomic E-state index is 12.8. The zero-order valence-corrected chi connectivity index (χ0v) is 18.9. The lowest BCUT2D eigenvalue weighted by Gasteiger charge is -2.31. The summed E-state index contributed by atoms with van der Waals surface area (Å²) in [6, 6.07) is 10.8. The fourth-order valence-electron chi connectivity index (χ4n) is 3.24. The zero-order valence-electron chi connectivity index (χ0n) is 17.3. The number of carbonyl (C=O) groups is 2. The van der Waals surface area contributed by atoms with Crippen molar-refractivity contribution in [1.82, 2.24) is 4.31 Å². The van der Waals surface area contributed by atoms with Gasteiger partial charge in [0.1, 0.15) is 0 Å². The molecule has 1 fully saturated rings. The summed E-state index contributed by atoms with van der Waals surface area (Å²) in [6.07, 6.45) is 0. The normalized spacial score (nSPS) is 14.5. The van der Waals surface area contributed by atoms with Crippen LogP contribution in [-0.4, -0.2) is 64.3 Å². The maximum absolute atomic E-state index is 12.8.